The van der Waals surface area contributed by atoms with Gasteiger partial charge in [-0.05, 0) is 67.9 Å². The molecule has 1 aromatic rings. The lowest BCUT2D eigenvalue weighted by Crippen LogP contribution is -2.38. The number of hydrogen-bond donors (Lipinski definition) is 1. The van der Waals surface area contributed by atoms with Gasteiger partial charge < -0.3 is 5.73 Å². The third-order valence-corrected chi connectivity index (χ3v) is 5.77. The molecule has 1 saturated carbocycles. The van der Waals surface area contributed by atoms with Gasteiger partial charge in [0.2, 0.25) is 0 Å². The highest BCUT2D eigenvalue weighted by Crippen LogP contribution is 2.41. The van der Waals surface area contributed by atoms with Gasteiger partial charge in [0.25, 0.3) is 0 Å². The smallest absolute Gasteiger partial charge is 0.0482 e. The lowest BCUT2D eigenvalue weighted by atomic mass is 9.72. The van der Waals surface area contributed by atoms with Gasteiger partial charge in [0.05, 0.1) is 0 Å². The molecule has 2 heteroatoms. The Kier molecular flexibility index (Phi) is 4.11. The van der Waals surface area contributed by atoms with Crippen LogP contribution in [-0.2, 0) is 6.42 Å². The Bertz CT molecular complexity index is 446. The quantitative estimate of drug-likeness (QED) is 0.906. The number of aryl methyl sites for hydroxylation is 1. The fourth-order valence-electron chi connectivity index (χ4n) is 4.34. The highest BCUT2D eigenvalue weighted by atomic mass is 14.8. The summed E-state index contributed by atoms with van der Waals surface area (Å²) in [6, 6.07) is 4.60. The Morgan fingerprint density at radius 1 is 1.10 bits per heavy atom. The van der Waals surface area contributed by atoms with E-state index in [1.165, 1.54) is 49.8 Å². The van der Waals surface area contributed by atoms with Crippen LogP contribution in [0.1, 0.15) is 63.1 Å². The number of hydrogen-bond acceptors (Lipinski definition) is 2. The van der Waals surface area contributed by atoms with Gasteiger partial charge in [-0.3, -0.25) is 4.98 Å². The number of pyridine rings is 1. The molecule has 0 spiro atoms. The maximum Gasteiger partial charge on any atom is 0.0482 e. The van der Waals surface area contributed by atoms with E-state index >= 15 is 0 Å². The van der Waals surface area contributed by atoms with Gasteiger partial charge in [0, 0.05) is 23.9 Å². The van der Waals surface area contributed by atoms with Crippen LogP contribution in [0, 0.1) is 17.8 Å². The molecule has 2 atom stereocenters. The summed E-state index contributed by atoms with van der Waals surface area (Å²) in [5.74, 6) is 2.98. The second-order valence-corrected chi connectivity index (χ2v) is 7.19. The summed E-state index contributed by atoms with van der Waals surface area (Å²) in [5, 5.41) is 0. The van der Waals surface area contributed by atoms with Crippen LogP contribution in [0.3, 0.4) is 0 Å². The van der Waals surface area contributed by atoms with E-state index in [0.717, 1.165) is 11.8 Å². The molecule has 1 fully saturated rings. The van der Waals surface area contributed by atoms with Crippen molar-refractivity contribution in [3.05, 3.63) is 29.6 Å². The minimum absolute atomic E-state index is 0.319. The van der Waals surface area contributed by atoms with Crippen LogP contribution in [0.25, 0.3) is 0 Å². The van der Waals surface area contributed by atoms with Crippen molar-refractivity contribution in [1.29, 1.82) is 0 Å². The van der Waals surface area contributed by atoms with Gasteiger partial charge >= 0.3 is 0 Å². The zero-order valence-electron chi connectivity index (χ0n) is 12.9. The standard InChI is InChI=1S/C18H28N2/c1-12(2)13-5-7-14(8-6-13)17(19)16-10-9-15-4-3-11-20-18(15)16/h3-4,11-14,16-17H,5-10,19H2,1-2H3. The van der Waals surface area contributed by atoms with E-state index in [9.17, 15) is 0 Å². The zero-order chi connectivity index (χ0) is 14.1. The summed E-state index contributed by atoms with van der Waals surface area (Å²) < 4.78 is 0. The number of fused-ring (bicyclic) bond motifs is 1. The molecule has 1 heterocycles. The van der Waals surface area contributed by atoms with Crippen LogP contribution in [0.4, 0.5) is 0 Å². The van der Waals surface area contributed by atoms with Crippen LogP contribution in [0.15, 0.2) is 18.3 Å². The highest BCUT2D eigenvalue weighted by Gasteiger charge is 2.35. The number of nitrogens with zero attached hydrogens (tertiary/aromatic N) is 1. The van der Waals surface area contributed by atoms with Crippen LogP contribution in [0.2, 0.25) is 0 Å². The average Bonchev–Trinajstić information content (AvgIpc) is 2.90. The van der Waals surface area contributed by atoms with E-state index in [1.54, 1.807) is 0 Å². The summed E-state index contributed by atoms with van der Waals surface area (Å²) in [6.45, 7) is 4.73. The van der Waals surface area contributed by atoms with Gasteiger partial charge in [0.15, 0.2) is 0 Å². The molecule has 2 unspecified atom stereocenters. The topological polar surface area (TPSA) is 38.9 Å². The summed E-state index contributed by atoms with van der Waals surface area (Å²) >= 11 is 0. The highest BCUT2D eigenvalue weighted by molar-refractivity contribution is 5.30. The molecule has 2 N–H and O–H groups in total. The molecular weight excluding hydrogens is 244 g/mol. The molecule has 3 rings (SSSR count). The van der Waals surface area contributed by atoms with E-state index < -0.39 is 0 Å². The molecule has 0 aromatic carbocycles. The SMILES string of the molecule is CC(C)C1CCC(C(N)C2CCc3cccnc32)CC1. The first kappa shape index (κ1) is 14.1. The lowest BCUT2D eigenvalue weighted by Gasteiger charge is -2.36. The van der Waals surface area contributed by atoms with Crippen molar-refractivity contribution in [2.45, 2.75) is 64.3 Å². The Morgan fingerprint density at radius 3 is 2.50 bits per heavy atom. The van der Waals surface area contributed by atoms with Crippen LogP contribution >= 0.6 is 0 Å². The molecular formula is C18H28N2. The fraction of sp³-hybridized carbons (Fsp3) is 0.722. The normalized spacial score (nSPS) is 31.3. The zero-order valence-corrected chi connectivity index (χ0v) is 12.9. The first-order valence-electron chi connectivity index (χ1n) is 8.36. The summed E-state index contributed by atoms with van der Waals surface area (Å²) in [7, 11) is 0. The van der Waals surface area contributed by atoms with E-state index in [1.807, 2.05) is 6.20 Å². The monoisotopic (exact) mass is 272 g/mol. The van der Waals surface area contributed by atoms with Gasteiger partial charge in [0.1, 0.15) is 0 Å². The Hall–Kier alpha value is -0.890. The Morgan fingerprint density at radius 2 is 1.80 bits per heavy atom. The first-order valence-corrected chi connectivity index (χ1v) is 8.36. The molecule has 0 bridgehead atoms. The maximum absolute atomic E-state index is 6.65. The minimum Gasteiger partial charge on any atom is -0.327 e. The molecule has 2 aliphatic carbocycles. The first-order chi connectivity index (χ1) is 9.66. The minimum atomic E-state index is 0.319. The van der Waals surface area contributed by atoms with Gasteiger partial charge in [-0.25, -0.2) is 0 Å². The van der Waals surface area contributed by atoms with Crippen molar-refractivity contribution in [2.75, 3.05) is 0 Å². The molecule has 0 saturated heterocycles. The third kappa shape index (κ3) is 2.63. The lowest BCUT2D eigenvalue weighted by molar-refractivity contribution is 0.191. The summed E-state index contributed by atoms with van der Waals surface area (Å²) in [5.41, 5.74) is 9.38. The molecule has 20 heavy (non-hydrogen) atoms. The van der Waals surface area contributed by atoms with Crippen molar-refractivity contribution >= 4 is 0 Å². The van der Waals surface area contributed by atoms with E-state index in [4.69, 9.17) is 5.73 Å². The Balaban J connectivity index is 1.65. The molecule has 110 valence electrons. The van der Waals surface area contributed by atoms with Crippen molar-refractivity contribution in [1.82, 2.24) is 4.98 Å². The van der Waals surface area contributed by atoms with Crippen molar-refractivity contribution in [2.24, 2.45) is 23.5 Å². The number of rotatable bonds is 3. The van der Waals surface area contributed by atoms with Crippen molar-refractivity contribution in [3.8, 4) is 0 Å². The Labute approximate surface area is 123 Å². The second kappa shape index (κ2) is 5.85. The number of nitrogens with two attached hydrogens (primary N) is 1. The van der Waals surface area contributed by atoms with Crippen LogP contribution < -0.4 is 5.73 Å². The third-order valence-electron chi connectivity index (χ3n) is 5.77. The second-order valence-electron chi connectivity index (χ2n) is 7.19. The predicted molar refractivity (Wildman–Crippen MR) is 83.6 cm³/mol. The number of aromatic nitrogens is 1. The summed E-state index contributed by atoms with van der Waals surface area (Å²) in [4.78, 5) is 4.62. The van der Waals surface area contributed by atoms with Gasteiger partial charge in [-0.2, -0.15) is 0 Å². The molecule has 0 radical (unpaired) electrons. The van der Waals surface area contributed by atoms with Gasteiger partial charge in [-0.1, -0.05) is 19.9 Å². The molecule has 0 amide bonds. The predicted octanol–water partition coefficient (Wildman–Crippen LogP) is 3.90. The largest absolute Gasteiger partial charge is 0.327 e. The van der Waals surface area contributed by atoms with E-state index in [-0.39, 0.29) is 0 Å². The molecule has 2 aliphatic rings. The average molecular weight is 272 g/mol. The van der Waals surface area contributed by atoms with Crippen LogP contribution in [-0.4, -0.2) is 11.0 Å². The molecule has 0 aliphatic heterocycles. The van der Waals surface area contributed by atoms with Gasteiger partial charge in [-0.15, -0.1) is 0 Å². The molecule has 2 nitrogen and oxygen atoms in total. The van der Waals surface area contributed by atoms with Crippen LogP contribution in [0.5, 0.6) is 0 Å². The summed E-state index contributed by atoms with van der Waals surface area (Å²) in [6.07, 6.45) is 9.70. The fourth-order valence-corrected chi connectivity index (χ4v) is 4.34. The van der Waals surface area contributed by atoms with E-state index in [2.05, 4.69) is 31.0 Å². The van der Waals surface area contributed by atoms with Crippen molar-refractivity contribution < 1.29 is 0 Å². The molecule has 1 aromatic heterocycles. The maximum atomic E-state index is 6.65. The van der Waals surface area contributed by atoms with Crippen molar-refractivity contribution in [3.63, 3.8) is 0 Å². The van der Waals surface area contributed by atoms with E-state index in [0.29, 0.717) is 17.9 Å².